The largest absolute Gasteiger partial charge is 0.497 e. The molecule has 3 aromatic rings. The Hall–Kier alpha value is -3.51. The second kappa shape index (κ2) is 12.4. The summed E-state index contributed by atoms with van der Waals surface area (Å²) in [7, 11) is -0.526. The number of likely N-dealkylation sites (tertiary alicyclic amines) is 1. The van der Waals surface area contributed by atoms with Gasteiger partial charge in [0.05, 0.1) is 19.8 Å². The van der Waals surface area contributed by atoms with Crippen LogP contribution in [0.2, 0.25) is 0 Å². The number of aliphatic hydroxyl groups is 1. The van der Waals surface area contributed by atoms with Gasteiger partial charge in [-0.2, -0.15) is 0 Å². The summed E-state index contributed by atoms with van der Waals surface area (Å²) in [4.78, 5) is 16.8. The molecule has 1 atom stereocenters. The van der Waals surface area contributed by atoms with Crippen LogP contribution in [0.5, 0.6) is 11.5 Å². The molecule has 1 fully saturated rings. The Balaban J connectivity index is 1.45. The number of amides is 1. The number of aliphatic hydroxyl groups excluding tert-OH is 1. The lowest BCUT2D eigenvalue weighted by molar-refractivity contribution is 0.0159. The molecule has 1 spiro atoms. The number of nitrogens with one attached hydrogen (secondary N) is 1. The number of fused-ring (bicyclic) bond motifs is 1. The van der Waals surface area contributed by atoms with E-state index in [-0.39, 0.29) is 36.2 Å². The maximum Gasteiger partial charge on any atom is 0.253 e. The van der Waals surface area contributed by atoms with Crippen molar-refractivity contribution in [2.45, 2.75) is 23.8 Å². The van der Waals surface area contributed by atoms with Crippen LogP contribution in [0.3, 0.4) is 0 Å². The number of halogens is 1. The lowest BCUT2D eigenvalue weighted by atomic mass is 9.78. The number of β-amino-alcohol motifs (C(OH)–C–C–N with tert-alkyl or cyclic N) is 1. The Kier molecular flexibility index (Phi) is 8.84. The Morgan fingerprint density at radius 3 is 2.55 bits per heavy atom. The molecule has 5 rings (SSSR count). The van der Waals surface area contributed by atoms with Crippen molar-refractivity contribution in [3.8, 4) is 22.6 Å². The molecule has 2 N–H and O–H groups in total. The van der Waals surface area contributed by atoms with Crippen molar-refractivity contribution in [1.82, 2.24) is 14.5 Å². The van der Waals surface area contributed by atoms with E-state index in [0.717, 1.165) is 11.1 Å². The molecule has 1 unspecified atom stereocenters. The van der Waals surface area contributed by atoms with Crippen LogP contribution in [-0.4, -0.2) is 88.8 Å². The summed E-state index contributed by atoms with van der Waals surface area (Å²) < 4.78 is 54.7. The van der Waals surface area contributed by atoms with Crippen molar-refractivity contribution in [1.29, 1.82) is 0 Å². The van der Waals surface area contributed by atoms with Gasteiger partial charge in [-0.3, -0.25) is 4.79 Å². The summed E-state index contributed by atoms with van der Waals surface area (Å²) in [6.07, 6.45) is 0.255. The number of rotatable bonds is 3. The number of hydrogen-bond donors (Lipinski definition) is 2. The van der Waals surface area contributed by atoms with Gasteiger partial charge in [0.15, 0.2) is 0 Å². The predicted octanol–water partition coefficient (Wildman–Crippen LogP) is 3.39. The average molecular weight is 598 g/mol. The van der Waals surface area contributed by atoms with Crippen LogP contribution < -0.4 is 14.2 Å². The third kappa shape index (κ3) is 6.75. The second-order valence-electron chi connectivity index (χ2n) is 11.2. The fourth-order valence-electron chi connectivity index (χ4n) is 5.74. The Labute approximate surface area is 245 Å². The zero-order valence-electron chi connectivity index (χ0n) is 23.8. The summed E-state index contributed by atoms with van der Waals surface area (Å²) in [5.74, 6) is 0.190. The number of carbonyl (C=O) groups is 1. The molecule has 0 aromatic heterocycles. The molecule has 2 aliphatic heterocycles. The molecular formula is C31H36FN3O6S. The molecule has 9 nitrogen and oxygen atoms in total. The van der Waals surface area contributed by atoms with Crippen LogP contribution in [-0.2, 0) is 10.0 Å². The van der Waals surface area contributed by atoms with Crippen LogP contribution in [0.1, 0.15) is 23.2 Å². The second-order valence-corrected chi connectivity index (χ2v) is 12.9. The number of ether oxygens (including phenoxy) is 2. The van der Waals surface area contributed by atoms with Crippen molar-refractivity contribution >= 4 is 15.9 Å². The molecule has 2 aliphatic rings. The molecule has 11 heteroatoms. The smallest absolute Gasteiger partial charge is 0.253 e. The van der Waals surface area contributed by atoms with E-state index in [1.165, 1.54) is 24.3 Å². The van der Waals surface area contributed by atoms with Gasteiger partial charge in [0.1, 0.15) is 22.2 Å². The predicted molar refractivity (Wildman–Crippen MR) is 157 cm³/mol. The van der Waals surface area contributed by atoms with Gasteiger partial charge >= 0.3 is 0 Å². The molecule has 3 aromatic carbocycles. The SMILES string of the molecule is COc1cccc(-c2ccc3c(c2)OCC2(CCN(C(=O)c4cccc(F)c4)CC2)CN(C)CC(O)CNS3(=O)=O)c1. The lowest BCUT2D eigenvalue weighted by Gasteiger charge is -2.44. The first-order valence-corrected chi connectivity index (χ1v) is 15.4. The van der Waals surface area contributed by atoms with E-state index in [1.807, 2.05) is 36.2 Å². The molecule has 1 amide bonds. The topological polar surface area (TPSA) is 108 Å². The normalized spacial score (nSPS) is 21.0. The minimum Gasteiger partial charge on any atom is -0.497 e. The summed E-state index contributed by atoms with van der Waals surface area (Å²) in [6, 6.07) is 18.1. The number of sulfonamides is 1. The summed E-state index contributed by atoms with van der Waals surface area (Å²) in [5, 5.41) is 10.6. The van der Waals surface area contributed by atoms with Crippen molar-refractivity contribution in [2.75, 3.05) is 53.5 Å². The monoisotopic (exact) mass is 597 g/mol. The standard InChI is InChI=1S/C31H36FN3O6S/c1-34-19-26(36)18-33-42(38,39)29-10-9-23(22-5-4-8-27(16-22)40-2)17-28(29)41-21-31(20-34)11-13-35(14-12-31)30(37)24-6-3-7-25(32)15-24/h3-10,15-17,26,33,36H,11-14,18-21H2,1-2H3. The Morgan fingerprint density at radius 2 is 1.81 bits per heavy atom. The van der Waals surface area contributed by atoms with Gasteiger partial charge in [0, 0.05) is 43.7 Å². The molecule has 0 aliphatic carbocycles. The van der Waals surface area contributed by atoms with Crippen molar-refractivity contribution in [2.24, 2.45) is 5.41 Å². The number of piperidine rings is 1. The Morgan fingerprint density at radius 1 is 1.07 bits per heavy atom. The third-order valence-electron chi connectivity index (χ3n) is 7.99. The van der Waals surface area contributed by atoms with Gasteiger partial charge in [0.2, 0.25) is 10.0 Å². The van der Waals surface area contributed by atoms with E-state index >= 15 is 0 Å². The number of hydrogen-bond acceptors (Lipinski definition) is 7. The molecule has 2 heterocycles. The molecule has 1 saturated heterocycles. The van der Waals surface area contributed by atoms with Crippen LogP contribution in [0, 0.1) is 11.2 Å². The first-order chi connectivity index (χ1) is 20.1. The van der Waals surface area contributed by atoms with E-state index in [4.69, 9.17) is 9.47 Å². The molecule has 0 saturated carbocycles. The van der Waals surface area contributed by atoms with Crippen molar-refractivity contribution in [3.05, 3.63) is 78.1 Å². The molecule has 42 heavy (non-hydrogen) atoms. The number of methoxy groups -OCH3 is 1. The maximum atomic E-state index is 13.8. The van der Waals surface area contributed by atoms with E-state index < -0.39 is 27.4 Å². The average Bonchev–Trinajstić information content (AvgIpc) is 2.98. The highest BCUT2D eigenvalue weighted by Gasteiger charge is 2.39. The van der Waals surface area contributed by atoms with Gasteiger partial charge in [-0.15, -0.1) is 0 Å². The molecule has 0 bridgehead atoms. The fourth-order valence-corrected chi connectivity index (χ4v) is 6.93. The van der Waals surface area contributed by atoms with Crippen molar-refractivity contribution in [3.63, 3.8) is 0 Å². The summed E-state index contributed by atoms with van der Waals surface area (Å²) in [5.41, 5.74) is 1.48. The number of carbonyl (C=O) groups excluding carboxylic acids is 1. The zero-order chi connectivity index (χ0) is 29.9. The van der Waals surface area contributed by atoms with Gasteiger partial charge < -0.3 is 24.4 Å². The van der Waals surface area contributed by atoms with Crippen molar-refractivity contribution < 1.29 is 32.2 Å². The number of benzene rings is 3. The quantitative estimate of drug-likeness (QED) is 0.477. The van der Waals surface area contributed by atoms with Crippen LogP contribution in [0.15, 0.2) is 71.6 Å². The highest BCUT2D eigenvalue weighted by atomic mass is 32.2. The van der Waals surface area contributed by atoms with E-state index in [9.17, 15) is 22.7 Å². The maximum absolute atomic E-state index is 13.8. The minimum atomic E-state index is -3.99. The van der Waals surface area contributed by atoms with Gasteiger partial charge in [-0.05, 0) is 73.5 Å². The van der Waals surface area contributed by atoms with Crippen LogP contribution >= 0.6 is 0 Å². The van der Waals surface area contributed by atoms with E-state index in [2.05, 4.69) is 4.72 Å². The fraction of sp³-hybridized carbons (Fsp3) is 0.387. The lowest BCUT2D eigenvalue weighted by Crippen LogP contribution is -2.51. The number of likely N-dealkylation sites (N-methyl/N-ethyl adjacent to an activating group) is 1. The Bertz CT molecular complexity index is 1540. The first kappa shape index (κ1) is 30.0. The highest BCUT2D eigenvalue weighted by molar-refractivity contribution is 7.89. The van der Waals surface area contributed by atoms with Gasteiger partial charge in [-0.25, -0.2) is 17.5 Å². The summed E-state index contributed by atoms with van der Waals surface area (Å²) in [6.45, 7) is 1.77. The van der Waals surface area contributed by atoms with E-state index in [1.54, 1.807) is 30.2 Å². The minimum absolute atomic E-state index is 0.0101. The van der Waals surface area contributed by atoms with Crippen LogP contribution in [0.25, 0.3) is 11.1 Å². The number of nitrogens with zero attached hydrogens (tertiary/aromatic N) is 2. The van der Waals surface area contributed by atoms with Gasteiger partial charge in [0.25, 0.3) is 5.91 Å². The zero-order valence-corrected chi connectivity index (χ0v) is 24.6. The molecule has 0 radical (unpaired) electrons. The van der Waals surface area contributed by atoms with Crippen LogP contribution in [0.4, 0.5) is 4.39 Å². The van der Waals surface area contributed by atoms with E-state index in [0.29, 0.717) is 43.8 Å². The first-order valence-electron chi connectivity index (χ1n) is 13.9. The molecular weight excluding hydrogens is 561 g/mol. The highest BCUT2D eigenvalue weighted by Crippen LogP contribution is 2.37. The summed E-state index contributed by atoms with van der Waals surface area (Å²) >= 11 is 0. The van der Waals surface area contributed by atoms with Gasteiger partial charge in [-0.1, -0.05) is 24.3 Å². The molecule has 224 valence electrons. The third-order valence-corrected chi connectivity index (χ3v) is 9.45.